The molecule has 9 heteroatoms. The van der Waals surface area contributed by atoms with Crippen molar-refractivity contribution in [1.29, 1.82) is 0 Å². The van der Waals surface area contributed by atoms with E-state index in [4.69, 9.17) is 9.84 Å². The highest BCUT2D eigenvalue weighted by Gasteiger charge is 2.20. The SMILES string of the molecule is COc1ccc(N(Cc2nc3c(F)c(F)ccc3s2)C(=O)CCC(=O)O)cc1. The summed E-state index contributed by atoms with van der Waals surface area (Å²) in [5.74, 6) is -2.93. The fourth-order valence-electron chi connectivity index (χ4n) is 2.62. The van der Waals surface area contributed by atoms with E-state index in [1.54, 1.807) is 24.3 Å². The summed E-state index contributed by atoms with van der Waals surface area (Å²) in [6, 6.07) is 9.11. The standard InChI is InChI=1S/C19H16F2N2O4S/c1-27-12-4-2-11(3-5-12)23(16(24)8-9-17(25)26)10-15-22-19-14(28-15)7-6-13(20)18(19)21/h2-7H,8-10H2,1H3,(H,25,26). The van der Waals surface area contributed by atoms with Crippen molar-refractivity contribution in [3.63, 3.8) is 0 Å². The molecule has 0 aliphatic carbocycles. The van der Waals surface area contributed by atoms with Crippen LogP contribution in [0.15, 0.2) is 36.4 Å². The van der Waals surface area contributed by atoms with E-state index < -0.39 is 23.5 Å². The summed E-state index contributed by atoms with van der Waals surface area (Å²) in [5, 5.41) is 9.25. The third-order valence-electron chi connectivity index (χ3n) is 4.03. The van der Waals surface area contributed by atoms with Gasteiger partial charge in [-0.1, -0.05) is 0 Å². The molecule has 1 aromatic heterocycles. The number of carboxylic acids is 1. The van der Waals surface area contributed by atoms with Crippen LogP contribution in [0, 0.1) is 11.6 Å². The van der Waals surface area contributed by atoms with E-state index in [0.29, 0.717) is 21.1 Å². The van der Waals surface area contributed by atoms with Crippen LogP contribution >= 0.6 is 11.3 Å². The Morgan fingerprint density at radius 1 is 1.14 bits per heavy atom. The number of aromatic nitrogens is 1. The number of carboxylic acid groups (broad SMARTS) is 1. The van der Waals surface area contributed by atoms with Gasteiger partial charge in [0.25, 0.3) is 0 Å². The Morgan fingerprint density at radius 3 is 2.50 bits per heavy atom. The number of amides is 1. The Morgan fingerprint density at radius 2 is 1.86 bits per heavy atom. The predicted octanol–water partition coefficient (Wildman–Crippen LogP) is 3.98. The molecule has 1 amide bonds. The Bertz CT molecular complexity index is 1020. The lowest BCUT2D eigenvalue weighted by Crippen LogP contribution is -2.30. The van der Waals surface area contributed by atoms with Gasteiger partial charge in [-0.25, -0.2) is 13.8 Å². The summed E-state index contributed by atoms with van der Waals surface area (Å²) < 4.78 is 32.9. The highest BCUT2D eigenvalue weighted by Crippen LogP contribution is 2.29. The lowest BCUT2D eigenvalue weighted by Gasteiger charge is -2.22. The van der Waals surface area contributed by atoms with Crippen molar-refractivity contribution in [3.05, 3.63) is 53.0 Å². The molecule has 146 valence electrons. The van der Waals surface area contributed by atoms with Gasteiger partial charge < -0.3 is 14.7 Å². The second-order valence-electron chi connectivity index (χ2n) is 5.89. The fraction of sp³-hybridized carbons (Fsp3) is 0.211. The summed E-state index contributed by atoms with van der Waals surface area (Å²) in [6.45, 7) is 0.00515. The fourth-order valence-corrected chi connectivity index (χ4v) is 3.57. The van der Waals surface area contributed by atoms with Gasteiger partial charge >= 0.3 is 5.97 Å². The first kappa shape index (κ1) is 19.7. The molecule has 2 aromatic carbocycles. The number of hydrogen-bond donors (Lipinski definition) is 1. The average molecular weight is 406 g/mol. The van der Waals surface area contributed by atoms with E-state index in [9.17, 15) is 18.4 Å². The van der Waals surface area contributed by atoms with Crippen molar-refractivity contribution < 1.29 is 28.2 Å². The zero-order valence-corrected chi connectivity index (χ0v) is 15.6. The van der Waals surface area contributed by atoms with Crippen LogP contribution in [0.2, 0.25) is 0 Å². The molecule has 0 atom stereocenters. The summed E-state index contributed by atoms with van der Waals surface area (Å²) in [5.41, 5.74) is 0.426. The summed E-state index contributed by atoms with van der Waals surface area (Å²) >= 11 is 1.14. The number of halogens is 2. The maximum absolute atomic E-state index is 13.9. The van der Waals surface area contributed by atoms with E-state index >= 15 is 0 Å². The smallest absolute Gasteiger partial charge is 0.303 e. The molecule has 0 radical (unpaired) electrons. The minimum atomic E-state index is -1.08. The first-order valence-electron chi connectivity index (χ1n) is 8.28. The molecule has 0 aliphatic rings. The normalized spacial score (nSPS) is 10.8. The third kappa shape index (κ3) is 4.25. The minimum absolute atomic E-state index is 0.00515. The van der Waals surface area contributed by atoms with Crippen molar-refractivity contribution in [2.45, 2.75) is 19.4 Å². The molecule has 0 saturated carbocycles. The number of methoxy groups -OCH3 is 1. The maximum Gasteiger partial charge on any atom is 0.303 e. The lowest BCUT2D eigenvalue weighted by molar-refractivity contribution is -0.138. The number of benzene rings is 2. The Hall–Kier alpha value is -3.07. The molecular formula is C19H16F2N2O4S. The molecule has 0 aliphatic heterocycles. The van der Waals surface area contributed by atoms with Gasteiger partial charge in [-0.2, -0.15) is 0 Å². The van der Waals surface area contributed by atoms with E-state index in [-0.39, 0.29) is 24.9 Å². The number of rotatable bonds is 7. The zero-order valence-electron chi connectivity index (χ0n) is 14.8. The average Bonchev–Trinajstić information content (AvgIpc) is 3.11. The van der Waals surface area contributed by atoms with Crippen LogP contribution in [-0.4, -0.2) is 29.1 Å². The van der Waals surface area contributed by atoms with Crippen molar-refractivity contribution in [2.75, 3.05) is 12.0 Å². The first-order valence-corrected chi connectivity index (χ1v) is 9.10. The Kier molecular flexibility index (Phi) is 5.84. The maximum atomic E-state index is 13.9. The van der Waals surface area contributed by atoms with Crippen molar-refractivity contribution in [1.82, 2.24) is 4.98 Å². The number of carbonyl (C=O) groups excluding carboxylic acids is 1. The van der Waals surface area contributed by atoms with E-state index in [2.05, 4.69) is 4.98 Å². The second-order valence-corrected chi connectivity index (χ2v) is 7.00. The van der Waals surface area contributed by atoms with Gasteiger partial charge in [-0.05, 0) is 36.4 Å². The Balaban J connectivity index is 1.92. The molecular weight excluding hydrogens is 390 g/mol. The highest BCUT2D eigenvalue weighted by atomic mass is 32.1. The monoisotopic (exact) mass is 406 g/mol. The highest BCUT2D eigenvalue weighted by molar-refractivity contribution is 7.18. The summed E-state index contributed by atoms with van der Waals surface area (Å²) in [6.07, 6.45) is -0.513. The van der Waals surface area contributed by atoms with Gasteiger partial charge in [0.05, 0.1) is 24.8 Å². The molecule has 0 fully saturated rings. The summed E-state index contributed by atoms with van der Waals surface area (Å²) in [4.78, 5) is 28.9. The van der Waals surface area contributed by atoms with Crippen LogP contribution in [0.25, 0.3) is 10.2 Å². The van der Waals surface area contributed by atoms with Crippen LogP contribution in [0.5, 0.6) is 5.75 Å². The van der Waals surface area contributed by atoms with Gasteiger partial charge in [0.1, 0.15) is 16.3 Å². The summed E-state index contributed by atoms with van der Waals surface area (Å²) in [7, 11) is 1.51. The van der Waals surface area contributed by atoms with Gasteiger partial charge in [0.15, 0.2) is 11.6 Å². The van der Waals surface area contributed by atoms with Crippen molar-refractivity contribution >= 4 is 39.1 Å². The molecule has 1 heterocycles. The predicted molar refractivity (Wildman–Crippen MR) is 101 cm³/mol. The molecule has 3 rings (SSSR count). The van der Waals surface area contributed by atoms with E-state index in [1.807, 2.05) is 0 Å². The van der Waals surface area contributed by atoms with Gasteiger partial charge in [-0.3, -0.25) is 9.59 Å². The topological polar surface area (TPSA) is 79.7 Å². The second kappa shape index (κ2) is 8.30. The van der Waals surface area contributed by atoms with E-state index in [1.165, 1.54) is 18.1 Å². The number of aliphatic carboxylic acids is 1. The van der Waals surface area contributed by atoms with Crippen LogP contribution < -0.4 is 9.64 Å². The number of ether oxygens (including phenoxy) is 1. The van der Waals surface area contributed by atoms with Crippen LogP contribution in [-0.2, 0) is 16.1 Å². The molecule has 28 heavy (non-hydrogen) atoms. The van der Waals surface area contributed by atoms with E-state index in [0.717, 1.165) is 17.4 Å². The molecule has 6 nitrogen and oxygen atoms in total. The third-order valence-corrected chi connectivity index (χ3v) is 5.03. The van der Waals surface area contributed by atoms with Gasteiger partial charge in [0, 0.05) is 12.1 Å². The quantitative estimate of drug-likeness (QED) is 0.642. The van der Waals surface area contributed by atoms with Gasteiger partial charge in [0.2, 0.25) is 5.91 Å². The number of hydrogen-bond acceptors (Lipinski definition) is 5. The number of anilines is 1. The first-order chi connectivity index (χ1) is 13.4. The van der Waals surface area contributed by atoms with Crippen LogP contribution in [0.3, 0.4) is 0 Å². The minimum Gasteiger partial charge on any atom is -0.497 e. The van der Waals surface area contributed by atoms with Crippen LogP contribution in [0.4, 0.5) is 14.5 Å². The zero-order chi connectivity index (χ0) is 20.3. The lowest BCUT2D eigenvalue weighted by atomic mass is 10.2. The number of carbonyl (C=O) groups is 2. The Labute approximate surface area is 163 Å². The van der Waals surface area contributed by atoms with Crippen molar-refractivity contribution in [2.24, 2.45) is 0 Å². The van der Waals surface area contributed by atoms with Gasteiger partial charge in [-0.15, -0.1) is 11.3 Å². The number of fused-ring (bicyclic) bond motifs is 1. The molecule has 0 saturated heterocycles. The molecule has 0 bridgehead atoms. The molecule has 0 unspecified atom stereocenters. The number of nitrogens with zero attached hydrogens (tertiary/aromatic N) is 2. The molecule has 0 spiro atoms. The molecule has 1 N–H and O–H groups in total. The van der Waals surface area contributed by atoms with Crippen molar-refractivity contribution in [3.8, 4) is 5.75 Å². The number of thiazole rings is 1. The van der Waals surface area contributed by atoms with Crippen LogP contribution in [0.1, 0.15) is 17.8 Å². The largest absolute Gasteiger partial charge is 0.497 e. The molecule has 3 aromatic rings.